The van der Waals surface area contributed by atoms with E-state index in [1.165, 1.54) is 18.3 Å². The summed E-state index contributed by atoms with van der Waals surface area (Å²) in [6, 6.07) is 11.1. The Morgan fingerprint density at radius 2 is 1.90 bits per heavy atom. The molecule has 2 aromatic carbocycles. The third-order valence-electron chi connectivity index (χ3n) is 4.09. The van der Waals surface area contributed by atoms with Gasteiger partial charge in [-0.15, -0.1) is 3.89 Å². The first-order valence-electron chi connectivity index (χ1n) is 8.21. The molecule has 0 radical (unpaired) electrons. The maximum Gasteiger partial charge on any atom is 0.332 e. The van der Waals surface area contributed by atoms with Crippen LogP contribution in [0, 0.1) is 0 Å². The molecule has 4 rings (SSSR count). The van der Waals surface area contributed by atoms with Crippen molar-refractivity contribution in [2.75, 3.05) is 5.32 Å². The number of aromatic nitrogens is 4. The fourth-order valence-electron chi connectivity index (χ4n) is 2.72. The molecule has 0 fully saturated rings. The van der Waals surface area contributed by atoms with E-state index in [0.29, 0.717) is 22.3 Å². The molecular formula is C18H12FN5O4S. The van der Waals surface area contributed by atoms with Gasteiger partial charge in [-0.3, -0.25) is 14.7 Å². The summed E-state index contributed by atoms with van der Waals surface area (Å²) in [6.07, 6.45) is 1.37. The lowest BCUT2D eigenvalue weighted by atomic mass is 10.1. The Labute approximate surface area is 162 Å². The minimum atomic E-state index is -4.92. The topological polar surface area (TPSA) is 138 Å². The molecular weight excluding hydrogens is 401 g/mol. The largest absolute Gasteiger partial charge is 0.332 e. The molecule has 0 atom stereocenters. The van der Waals surface area contributed by atoms with E-state index >= 15 is 0 Å². The van der Waals surface area contributed by atoms with E-state index < -0.39 is 21.0 Å². The lowest BCUT2D eigenvalue weighted by Crippen LogP contribution is -2.13. The number of H-pyrrole nitrogens is 2. The van der Waals surface area contributed by atoms with Gasteiger partial charge in [-0.1, -0.05) is 18.2 Å². The number of nitrogens with one attached hydrogen (secondary N) is 3. The molecule has 0 aliphatic carbocycles. The molecule has 146 valence electrons. The first kappa shape index (κ1) is 18.5. The number of carbonyl (C=O) groups is 1. The zero-order chi connectivity index (χ0) is 20.6. The van der Waals surface area contributed by atoms with Crippen LogP contribution >= 0.6 is 0 Å². The number of halogens is 1. The van der Waals surface area contributed by atoms with Crippen molar-refractivity contribution in [3.63, 3.8) is 0 Å². The molecule has 3 N–H and O–H groups in total. The molecule has 29 heavy (non-hydrogen) atoms. The second kappa shape index (κ2) is 6.95. The Bertz CT molecular complexity index is 1410. The second-order valence-corrected chi connectivity index (χ2v) is 7.39. The summed E-state index contributed by atoms with van der Waals surface area (Å²) in [6.45, 7) is 0. The van der Waals surface area contributed by atoms with E-state index in [-0.39, 0.29) is 16.9 Å². The highest BCUT2D eigenvalue weighted by molar-refractivity contribution is 7.86. The summed E-state index contributed by atoms with van der Waals surface area (Å²) in [7, 11) is -4.92. The van der Waals surface area contributed by atoms with Gasteiger partial charge in [0.15, 0.2) is 5.65 Å². The van der Waals surface area contributed by atoms with Crippen LogP contribution in [0.5, 0.6) is 0 Å². The van der Waals surface area contributed by atoms with Crippen molar-refractivity contribution in [3.8, 4) is 11.4 Å². The van der Waals surface area contributed by atoms with Gasteiger partial charge in [-0.05, 0) is 30.3 Å². The van der Waals surface area contributed by atoms with Crippen LogP contribution in [0.3, 0.4) is 0 Å². The Balaban J connectivity index is 1.64. The number of amides is 1. The highest BCUT2D eigenvalue weighted by Crippen LogP contribution is 2.21. The fraction of sp³-hybridized carbons (Fsp3) is 0. The quantitative estimate of drug-likeness (QED) is 0.439. The van der Waals surface area contributed by atoms with Gasteiger partial charge >= 0.3 is 10.2 Å². The average Bonchev–Trinajstić information content (AvgIpc) is 3.17. The van der Waals surface area contributed by atoms with Crippen LogP contribution in [0.2, 0.25) is 0 Å². The Kier molecular flexibility index (Phi) is 4.43. The zero-order valence-electron chi connectivity index (χ0n) is 14.5. The van der Waals surface area contributed by atoms with Gasteiger partial charge in [0.05, 0.1) is 11.1 Å². The summed E-state index contributed by atoms with van der Waals surface area (Å²) in [5.41, 5.74) is 0.823. The molecule has 2 aromatic heterocycles. The van der Waals surface area contributed by atoms with Crippen molar-refractivity contribution in [1.82, 2.24) is 20.2 Å². The minimum Gasteiger partial charge on any atom is -0.322 e. The van der Waals surface area contributed by atoms with Gasteiger partial charge in [0.25, 0.3) is 11.5 Å². The predicted molar refractivity (Wildman–Crippen MR) is 103 cm³/mol. The Morgan fingerprint density at radius 1 is 1.10 bits per heavy atom. The van der Waals surface area contributed by atoms with Crippen LogP contribution in [0.1, 0.15) is 10.4 Å². The van der Waals surface area contributed by atoms with Crippen LogP contribution in [-0.4, -0.2) is 34.5 Å². The number of hydrogen-bond acceptors (Lipinski definition) is 6. The van der Waals surface area contributed by atoms with Gasteiger partial charge < -0.3 is 10.3 Å². The van der Waals surface area contributed by atoms with Crippen molar-refractivity contribution in [1.29, 1.82) is 0 Å². The minimum absolute atomic E-state index is 0.0282. The van der Waals surface area contributed by atoms with Gasteiger partial charge in [0, 0.05) is 16.8 Å². The van der Waals surface area contributed by atoms with E-state index in [9.17, 15) is 21.9 Å². The van der Waals surface area contributed by atoms with Crippen LogP contribution in [-0.2, 0) is 10.2 Å². The predicted octanol–water partition coefficient (Wildman–Crippen LogP) is 2.22. The van der Waals surface area contributed by atoms with Gasteiger partial charge in [0.2, 0.25) is 0 Å². The second-order valence-electron chi connectivity index (χ2n) is 6.05. The summed E-state index contributed by atoms with van der Waals surface area (Å²) in [4.78, 5) is 30.8. The standard InChI is InChI=1S/C18H12FN5O4S/c19-29(27,28)13-6-2-4-11(8-13)17(25)21-12-5-1-3-10(7-12)15-22-16-14(9-20-24-16)18(26)23-15/h1-9H,(H,21,25)(H2,20,22,23,24,26). The van der Waals surface area contributed by atoms with Crippen molar-refractivity contribution in [2.45, 2.75) is 4.90 Å². The number of carbonyl (C=O) groups excluding carboxylic acids is 1. The molecule has 0 saturated carbocycles. The lowest BCUT2D eigenvalue weighted by Gasteiger charge is -2.08. The number of nitrogens with zero attached hydrogens (tertiary/aromatic N) is 2. The van der Waals surface area contributed by atoms with Crippen molar-refractivity contribution >= 4 is 32.9 Å². The number of aromatic amines is 2. The molecule has 2 heterocycles. The molecule has 0 aliphatic heterocycles. The van der Waals surface area contributed by atoms with Crippen LogP contribution < -0.4 is 10.9 Å². The normalized spacial score (nSPS) is 11.5. The Morgan fingerprint density at radius 3 is 2.69 bits per heavy atom. The lowest BCUT2D eigenvalue weighted by molar-refractivity contribution is 0.102. The number of fused-ring (bicyclic) bond motifs is 1. The van der Waals surface area contributed by atoms with Crippen LogP contribution in [0.25, 0.3) is 22.4 Å². The molecule has 0 aliphatic rings. The molecule has 1 amide bonds. The highest BCUT2D eigenvalue weighted by atomic mass is 32.3. The summed E-state index contributed by atoms with van der Waals surface area (Å²) in [5, 5.41) is 9.32. The SMILES string of the molecule is O=C(Nc1cccc(-c2nc3[nH]ncc3c(=O)[nH]2)c1)c1cccc(S(=O)(=O)F)c1. The van der Waals surface area contributed by atoms with E-state index in [0.717, 1.165) is 12.1 Å². The number of rotatable bonds is 4. The summed E-state index contributed by atoms with van der Waals surface area (Å²) >= 11 is 0. The summed E-state index contributed by atoms with van der Waals surface area (Å²) < 4.78 is 35.2. The molecule has 9 nitrogen and oxygen atoms in total. The number of benzene rings is 2. The first-order chi connectivity index (χ1) is 13.8. The average molecular weight is 413 g/mol. The van der Waals surface area contributed by atoms with E-state index in [1.807, 2.05) is 0 Å². The number of anilines is 1. The van der Waals surface area contributed by atoms with Crippen molar-refractivity contribution in [3.05, 3.63) is 70.6 Å². The zero-order valence-corrected chi connectivity index (χ0v) is 15.3. The maximum absolute atomic E-state index is 13.1. The van der Waals surface area contributed by atoms with Crippen LogP contribution in [0.4, 0.5) is 9.57 Å². The van der Waals surface area contributed by atoms with Crippen LogP contribution in [0.15, 0.2) is 64.4 Å². The van der Waals surface area contributed by atoms with Gasteiger partial charge in [-0.2, -0.15) is 13.5 Å². The number of hydrogen-bond donors (Lipinski definition) is 3. The van der Waals surface area contributed by atoms with Gasteiger partial charge in [-0.25, -0.2) is 4.98 Å². The monoisotopic (exact) mass is 413 g/mol. The van der Waals surface area contributed by atoms with Crippen molar-refractivity contribution < 1.29 is 17.1 Å². The molecule has 4 aromatic rings. The maximum atomic E-state index is 13.1. The van der Waals surface area contributed by atoms with E-state index in [1.54, 1.807) is 24.3 Å². The first-order valence-corrected chi connectivity index (χ1v) is 9.59. The molecule has 0 saturated heterocycles. The molecule has 11 heteroatoms. The molecule has 0 unspecified atom stereocenters. The van der Waals surface area contributed by atoms with Crippen molar-refractivity contribution in [2.24, 2.45) is 0 Å². The Hall–Kier alpha value is -3.86. The summed E-state index contributed by atoms with van der Waals surface area (Å²) in [5.74, 6) is -0.355. The molecule has 0 spiro atoms. The third kappa shape index (κ3) is 3.75. The third-order valence-corrected chi connectivity index (χ3v) is 4.91. The molecule has 0 bridgehead atoms. The highest BCUT2D eigenvalue weighted by Gasteiger charge is 2.15. The fourth-order valence-corrected chi connectivity index (χ4v) is 3.23. The van der Waals surface area contributed by atoms with E-state index in [2.05, 4.69) is 25.5 Å². The van der Waals surface area contributed by atoms with E-state index in [4.69, 9.17) is 0 Å². The van der Waals surface area contributed by atoms with Gasteiger partial charge in [0.1, 0.15) is 11.2 Å². The smallest absolute Gasteiger partial charge is 0.322 e.